The van der Waals surface area contributed by atoms with E-state index in [2.05, 4.69) is 26.0 Å². The highest BCUT2D eigenvalue weighted by Crippen LogP contribution is 2.29. The first-order chi connectivity index (χ1) is 6.68. The molecule has 1 heterocycles. The summed E-state index contributed by atoms with van der Waals surface area (Å²) < 4.78 is 5.45. The summed E-state index contributed by atoms with van der Waals surface area (Å²) in [6.45, 7) is 5.11. The molecular weight excluding hydrogens is 174 g/mol. The molecule has 0 aromatic heterocycles. The maximum atomic E-state index is 6.09. The van der Waals surface area contributed by atoms with E-state index in [0.29, 0.717) is 5.92 Å². The van der Waals surface area contributed by atoms with Crippen molar-refractivity contribution in [3.63, 3.8) is 0 Å². The second-order valence-corrected chi connectivity index (χ2v) is 4.24. The van der Waals surface area contributed by atoms with Gasteiger partial charge in [0.1, 0.15) is 5.75 Å². The highest BCUT2D eigenvalue weighted by molar-refractivity contribution is 5.40. The van der Waals surface area contributed by atoms with E-state index in [4.69, 9.17) is 10.5 Å². The molecule has 1 aromatic carbocycles. The van der Waals surface area contributed by atoms with Gasteiger partial charge in [0.25, 0.3) is 0 Å². The van der Waals surface area contributed by atoms with Gasteiger partial charge >= 0.3 is 0 Å². The summed E-state index contributed by atoms with van der Waals surface area (Å²) in [6.07, 6.45) is 1.02. The van der Waals surface area contributed by atoms with Crippen molar-refractivity contribution in [3.8, 4) is 5.75 Å². The average molecular weight is 191 g/mol. The van der Waals surface area contributed by atoms with Crippen LogP contribution in [0.5, 0.6) is 5.75 Å². The first kappa shape index (κ1) is 9.53. The van der Waals surface area contributed by atoms with Crippen LogP contribution in [0, 0.1) is 5.92 Å². The SMILES string of the molecule is CC(C)[C@@H](N)c1ccc2c(c1)CCO2. The van der Waals surface area contributed by atoms with Gasteiger partial charge in [-0.2, -0.15) is 0 Å². The minimum atomic E-state index is 0.140. The number of benzene rings is 1. The second kappa shape index (κ2) is 3.62. The summed E-state index contributed by atoms with van der Waals surface area (Å²) in [7, 11) is 0. The molecule has 1 aliphatic heterocycles. The van der Waals surface area contributed by atoms with Gasteiger partial charge in [-0.3, -0.25) is 0 Å². The molecule has 1 atom stereocenters. The van der Waals surface area contributed by atoms with Gasteiger partial charge in [-0.1, -0.05) is 26.0 Å². The molecule has 2 rings (SSSR count). The molecule has 2 N–H and O–H groups in total. The standard InChI is InChI=1S/C12H17NO/c1-8(2)12(13)10-3-4-11-9(7-10)5-6-14-11/h3-4,7-8,12H,5-6,13H2,1-2H3/t12-/m1/s1. The number of nitrogens with two attached hydrogens (primary N) is 1. The van der Waals surface area contributed by atoms with E-state index in [1.807, 2.05) is 6.07 Å². The number of ether oxygens (including phenoxy) is 1. The van der Waals surface area contributed by atoms with Crippen molar-refractivity contribution in [1.29, 1.82) is 0 Å². The Morgan fingerprint density at radius 3 is 2.86 bits per heavy atom. The lowest BCUT2D eigenvalue weighted by Gasteiger charge is -2.16. The summed E-state index contributed by atoms with van der Waals surface area (Å²) in [5.74, 6) is 1.51. The van der Waals surface area contributed by atoms with E-state index in [1.165, 1.54) is 11.1 Å². The summed E-state index contributed by atoms with van der Waals surface area (Å²) in [5, 5.41) is 0. The largest absolute Gasteiger partial charge is 0.493 e. The fourth-order valence-corrected chi connectivity index (χ4v) is 1.80. The third kappa shape index (κ3) is 1.62. The Hall–Kier alpha value is -1.02. The van der Waals surface area contributed by atoms with E-state index in [0.717, 1.165) is 18.8 Å². The Labute approximate surface area is 85.1 Å². The molecule has 0 aliphatic carbocycles. The van der Waals surface area contributed by atoms with Crippen molar-refractivity contribution in [3.05, 3.63) is 29.3 Å². The zero-order valence-corrected chi connectivity index (χ0v) is 8.79. The Bertz CT molecular complexity index is 333. The third-order valence-corrected chi connectivity index (χ3v) is 2.82. The van der Waals surface area contributed by atoms with Crippen molar-refractivity contribution in [2.75, 3.05) is 6.61 Å². The fraction of sp³-hybridized carbons (Fsp3) is 0.500. The van der Waals surface area contributed by atoms with E-state index in [-0.39, 0.29) is 6.04 Å². The van der Waals surface area contributed by atoms with Gasteiger partial charge in [-0.15, -0.1) is 0 Å². The predicted octanol–water partition coefficient (Wildman–Crippen LogP) is 2.28. The summed E-state index contributed by atoms with van der Waals surface area (Å²) in [6, 6.07) is 6.45. The minimum Gasteiger partial charge on any atom is -0.493 e. The highest BCUT2D eigenvalue weighted by atomic mass is 16.5. The van der Waals surface area contributed by atoms with Crippen molar-refractivity contribution in [2.24, 2.45) is 11.7 Å². The lowest BCUT2D eigenvalue weighted by atomic mass is 9.95. The van der Waals surface area contributed by atoms with E-state index >= 15 is 0 Å². The third-order valence-electron chi connectivity index (χ3n) is 2.82. The maximum Gasteiger partial charge on any atom is 0.122 e. The molecule has 0 bridgehead atoms. The molecule has 0 saturated heterocycles. The Morgan fingerprint density at radius 1 is 1.36 bits per heavy atom. The summed E-state index contributed by atoms with van der Waals surface area (Å²) in [4.78, 5) is 0. The maximum absolute atomic E-state index is 6.09. The molecule has 0 amide bonds. The average Bonchev–Trinajstić information content (AvgIpc) is 2.62. The predicted molar refractivity (Wildman–Crippen MR) is 57.4 cm³/mol. The zero-order chi connectivity index (χ0) is 10.1. The van der Waals surface area contributed by atoms with Crippen molar-refractivity contribution >= 4 is 0 Å². The van der Waals surface area contributed by atoms with Gasteiger partial charge in [0, 0.05) is 12.5 Å². The molecule has 0 unspecified atom stereocenters. The normalized spacial score (nSPS) is 16.6. The van der Waals surface area contributed by atoms with Crippen LogP contribution in [-0.2, 0) is 6.42 Å². The molecule has 0 radical (unpaired) electrons. The molecule has 76 valence electrons. The van der Waals surface area contributed by atoms with Crippen molar-refractivity contribution in [1.82, 2.24) is 0 Å². The van der Waals surface area contributed by atoms with Crippen LogP contribution >= 0.6 is 0 Å². The summed E-state index contributed by atoms with van der Waals surface area (Å²) in [5.41, 5.74) is 8.62. The fourth-order valence-electron chi connectivity index (χ4n) is 1.80. The number of hydrogen-bond acceptors (Lipinski definition) is 2. The molecule has 1 aromatic rings. The lowest BCUT2D eigenvalue weighted by molar-refractivity contribution is 0.356. The van der Waals surface area contributed by atoms with Gasteiger partial charge in [-0.25, -0.2) is 0 Å². The highest BCUT2D eigenvalue weighted by Gasteiger charge is 2.16. The first-order valence-electron chi connectivity index (χ1n) is 5.19. The van der Waals surface area contributed by atoms with Crippen LogP contribution in [0.2, 0.25) is 0 Å². The van der Waals surface area contributed by atoms with Crippen molar-refractivity contribution < 1.29 is 4.74 Å². The van der Waals surface area contributed by atoms with Crippen molar-refractivity contribution in [2.45, 2.75) is 26.3 Å². The van der Waals surface area contributed by atoms with Crippen LogP contribution in [0.3, 0.4) is 0 Å². The van der Waals surface area contributed by atoms with E-state index < -0.39 is 0 Å². The Morgan fingerprint density at radius 2 is 2.14 bits per heavy atom. The molecular formula is C12H17NO. The molecule has 0 saturated carbocycles. The molecule has 2 nitrogen and oxygen atoms in total. The van der Waals surface area contributed by atoms with E-state index in [9.17, 15) is 0 Å². The van der Waals surface area contributed by atoms with Gasteiger partial charge in [0.05, 0.1) is 6.61 Å². The number of rotatable bonds is 2. The zero-order valence-electron chi connectivity index (χ0n) is 8.79. The van der Waals surface area contributed by atoms with Crippen LogP contribution in [0.1, 0.15) is 31.0 Å². The quantitative estimate of drug-likeness (QED) is 0.778. The van der Waals surface area contributed by atoms with Gasteiger partial charge in [0.2, 0.25) is 0 Å². The number of fused-ring (bicyclic) bond motifs is 1. The molecule has 2 heteroatoms. The Balaban J connectivity index is 2.28. The van der Waals surface area contributed by atoms with Gasteiger partial charge in [-0.05, 0) is 23.1 Å². The van der Waals surface area contributed by atoms with Crippen LogP contribution in [-0.4, -0.2) is 6.61 Å². The molecule has 14 heavy (non-hydrogen) atoms. The smallest absolute Gasteiger partial charge is 0.122 e. The monoisotopic (exact) mass is 191 g/mol. The second-order valence-electron chi connectivity index (χ2n) is 4.24. The number of hydrogen-bond donors (Lipinski definition) is 1. The minimum absolute atomic E-state index is 0.140. The first-order valence-corrected chi connectivity index (χ1v) is 5.19. The van der Waals surface area contributed by atoms with Crippen LogP contribution in [0.25, 0.3) is 0 Å². The Kier molecular flexibility index (Phi) is 2.46. The van der Waals surface area contributed by atoms with E-state index in [1.54, 1.807) is 0 Å². The topological polar surface area (TPSA) is 35.2 Å². The van der Waals surface area contributed by atoms with Crippen LogP contribution < -0.4 is 10.5 Å². The van der Waals surface area contributed by atoms with Crippen LogP contribution in [0.15, 0.2) is 18.2 Å². The van der Waals surface area contributed by atoms with Crippen LogP contribution in [0.4, 0.5) is 0 Å². The summed E-state index contributed by atoms with van der Waals surface area (Å²) >= 11 is 0. The van der Waals surface area contributed by atoms with Gasteiger partial charge in [0.15, 0.2) is 0 Å². The molecule has 0 spiro atoms. The van der Waals surface area contributed by atoms with Gasteiger partial charge < -0.3 is 10.5 Å². The molecule has 1 aliphatic rings. The molecule has 0 fully saturated rings. The lowest BCUT2D eigenvalue weighted by Crippen LogP contribution is -2.16.